The topological polar surface area (TPSA) is 36.9 Å². The Labute approximate surface area is 244 Å². The van der Waals surface area contributed by atoms with Gasteiger partial charge in [-0.1, -0.05) is 103 Å². The number of rotatable bonds is 20. The van der Waals surface area contributed by atoms with Gasteiger partial charge in [-0.25, -0.2) is 4.57 Å². The van der Waals surface area contributed by atoms with E-state index in [1.165, 1.54) is 102 Å². The summed E-state index contributed by atoms with van der Waals surface area (Å²) in [7, 11) is 0. The fourth-order valence-electron chi connectivity index (χ4n) is 4.38. The molecule has 1 heterocycles. The Morgan fingerprint density at radius 2 is 1.02 bits per heavy atom. The first-order valence-corrected chi connectivity index (χ1v) is 20.7. The van der Waals surface area contributed by atoms with Gasteiger partial charge < -0.3 is 4.74 Å². The molecule has 0 amide bonds. The third-order valence-corrected chi connectivity index (χ3v) is 6.58. The van der Waals surface area contributed by atoms with Gasteiger partial charge in [0.2, 0.25) is 0 Å². The molecule has 0 fully saturated rings. The molecule has 3 nitrogen and oxygen atoms in total. The number of hydrogen-bond acceptors (Lipinski definition) is 2. The molecule has 234 valence electrons. The molecule has 1 aromatic carbocycles. The Morgan fingerprint density at radius 1 is 0.634 bits per heavy atom. The molecule has 0 aliphatic heterocycles. The molecule has 2 rings (SSSR count). The molecule has 10 heteroatoms. The normalized spacial score (nSPS) is 12.9. The van der Waals surface area contributed by atoms with E-state index < -0.39 is 19.5 Å². The van der Waals surface area contributed by atoms with Crippen LogP contribution in [-0.2, 0) is 6.54 Å². The molecular weight excluding hydrogens is 652 g/mol. The molecule has 0 atom stereocenters. The average molecular weight is 699 g/mol. The Balaban J connectivity index is 0.00000106. The van der Waals surface area contributed by atoms with Crippen LogP contribution >= 0.6 is 0 Å². The average Bonchev–Trinajstić information content (AvgIpc) is 2.90. The summed E-state index contributed by atoms with van der Waals surface area (Å²) in [5, 5.41) is 8.89. The van der Waals surface area contributed by atoms with Crippen molar-refractivity contribution in [2.24, 2.45) is 0 Å². The first-order valence-electron chi connectivity index (χ1n) is 14.9. The van der Waals surface area contributed by atoms with Gasteiger partial charge in [0, 0.05) is 17.7 Å². The van der Waals surface area contributed by atoms with Crippen molar-refractivity contribution in [3.8, 4) is 11.8 Å². The maximum absolute atomic E-state index is 11.2. The van der Waals surface area contributed by atoms with Gasteiger partial charge in [0.25, 0.3) is 0 Å². The van der Waals surface area contributed by atoms with E-state index in [0.717, 1.165) is 25.3 Å². The van der Waals surface area contributed by atoms with E-state index >= 15 is 0 Å². The van der Waals surface area contributed by atoms with E-state index in [4.69, 9.17) is 10.00 Å². The number of pyridine rings is 1. The van der Waals surface area contributed by atoms with Gasteiger partial charge in [-0.05, 0) is 30.7 Å². The van der Waals surface area contributed by atoms with Crippen molar-refractivity contribution in [2.75, 3.05) is 6.61 Å². The van der Waals surface area contributed by atoms with Crippen LogP contribution < -0.4 is 9.30 Å². The zero-order valence-electron chi connectivity index (χ0n) is 24.4. The summed E-state index contributed by atoms with van der Waals surface area (Å²) >= 11 is -11.2. The van der Waals surface area contributed by atoms with Gasteiger partial charge >= 0.3 is 36.4 Å². The van der Waals surface area contributed by atoms with Crippen LogP contribution in [0.15, 0.2) is 48.8 Å². The number of nitriles is 1. The van der Waals surface area contributed by atoms with Crippen molar-refractivity contribution < 1.29 is 26.2 Å². The molecule has 0 saturated heterocycles. The van der Waals surface area contributed by atoms with Crippen molar-refractivity contribution in [3.05, 3.63) is 59.9 Å². The molecule has 1 aromatic heterocycles. The SMILES string of the molecule is CCCCCCCCCCCCCCCCCCOc1ccc(C[n+]2ccc(C#N)cc2)cc1.[F][Sb-]([F])([F])([F])([F])[F]. The fraction of sp³-hybridized carbons (Fsp3) is 0.613. The van der Waals surface area contributed by atoms with Crippen molar-refractivity contribution >= 4 is 19.5 Å². The molecular formula is C31H47F6N2OSb. The Morgan fingerprint density at radius 3 is 1.41 bits per heavy atom. The van der Waals surface area contributed by atoms with Crippen LogP contribution in [0.4, 0.5) is 16.9 Å². The Bertz CT molecular complexity index is 980. The molecule has 0 aliphatic carbocycles. The predicted molar refractivity (Wildman–Crippen MR) is 154 cm³/mol. The molecule has 0 aliphatic rings. The van der Waals surface area contributed by atoms with Crippen LogP contribution in [0.1, 0.15) is 121 Å². The van der Waals surface area contributed by atoms with Crippen molar-refractivity contribution in [1.82, 2.24) is 0 Å². The van der Waals surface area contributed by atoms with Gasteiger partial charge in [0.15, 0.2) is 18.9 Å². The zero-order valence-corrected chi connectivity index (χ0v) is 26.9. The van der Waals surface area contributed by atoms with Crippen LogP contribution in [0.5, 0.6) is 5.75 Å². The molecule has 2 aromatic rings. The number of nitrogens with zero attached hydrogens (tertiary/aromatic N) is 2. The first kappa shape index (κ1) is 37.1. The molecule has 41 heavy (non-hydrogen) atoms. The van der Waals surface area contributed by atoms with E-state index in [0.29, 0.717) is 5.56 Å². The summed E-state index contributed by atoms with van der Waals surface area (Å²) in [6.45, 7) is 3.89. The molecule has 0 radical (unpaired) electrons. The van der Waals surface area contributed by atoms with Crippen LogP contribution in [0, 0.1) is 11.3 Å². The third-order valence-electron chi connectivity index (χ3n) is 6.58. The van der Waals surface area contributed by atoms with Gasteiger partial charge in [0.05, 0.1) is 18.2 Å². The molecule has 0 saturated carbocycles. The predicted octanol–water partition coefficient (Wildman–Crippen LogP) is 10.7. The summed E-state index contributed by atoms with van der Waals surface area (Å²) in [5.74, 6) is 0.953. The number of benzene rings is 1. The first-order chi connectivity index (χ1) is 19.3. The molecule has 0 bridgehead atoms. The van der Waals surface area contributed by atoms with Gasteiger partial charge in [-0.15, -0.1) is 0 Å². The van der Waals surface area contributed by atoms with E-state index in [9.17, 15) is 16.9 Å². The van der Waals surface area contributed by atoms with Crippen LogP contribution in [-0.4, -0.2) is 26.1 Å². The second-order valence-electron chi connectivity index (χ2n) is 10.6. The molecule has 0 N–H and O–H groups in total. The monoisotopic (exact) mass is 698 g/mol. The fourth-order valence-corrected chi connectivity index (χ4v) is 4.38. The number of halogens is 6. The zero-order chi connectivity index (χ0) is 30.5. The molecule has 0 unspecified atom stereocenters. The maximum atomic E-state index is 9.93. The standard InChI is InChI=1S/C31H47N2O.6FH.Sb/c1-2-3-4-5-6-7-8-9-10-11-12-13-14-15-16-17-26-34-31-20-18-30(19-21-31)28-33-24-22-29(27-32)23-25-33;;;;;;;/h18-25H,2-17,26,28H2,1H3;6*1H;/q+1;;;;;;;+5/p-6. The minimum absolute atomic E-state index is 0.689. The molecule has 0 spiro atoms. The number of unbranched alkanes of at least 4 members (excludes halogenated alkanes) is 15. The summed E-state index contributed by atoms with van der Waals surface area (Å²) < 4.78 is 67.5. The van der Waals surface area contributed by atoms with E-state index in [2.05, 4.69) is 41.8 Å². The summed E-state index contributed by atoms with van der Waals surface area (Å²) in [4.78, 5) is 0. The van der Waals surface area contributed by atoms with E-state index in [1.807, 2.05) is 24.5 Å². The number of hydrogen-bond donors (Lipinski definition) is 0. The van der Waals surface area contributed by atoms with Crippen molar-refractivity contribution in [3.63, 3.8) is 0 Å². The van der Waals surface area contributed by atoms with E-state index in [-0.39, 0.29) is 0 Å². The number of ether oxygens (including phenoxy) is 1. The van der Waals surface area contributed by atoms with Crippen LogP contribution in [0.3, 0.4) is 0 Å². The minimum atomic E-state index is -11.2. The van der Waals surface area contributed by atoms with Crippen LogP contribution in [0.25, 0.3) is 0 Å². The Kier molecular flexibility index (Phi) is 16.8. The summed E-state index contributed by atoms with van der Waals surface area (Å²) in [6, 6.07) is 14.2. The third kappa shape index (κ3) is 26.7. The van der Waals surface area contributed by atoms with Gasteiger partial charge in [-0.3, -0.25) is 0 Å². The quantitative estimate of drug-likeness (QED) is 0.0597. The van der Waals surface area contributed by atoms with Gasteiger partial charge in [-0.2, -0.15) is 5.26 Å². The number of aromatic nitrogens is 1. The Hall–Kier alpha value is -1.94. The summed E-state index contributed by atoms with van der Waals surface area (Å²) in [5.41, 5.74) is 1.92. The van der Waals surface area contributed by atoms with Crippen LogP contribution in [0.2, 0.25) is 0 Å². The second-order valence-corrected chi connectivity index (χ2v) is 16.1. The summed E-state index contributed by atoms with van der Waals surface area (Å²) in [6.07, 6.45) is 26.2. The van der Waals surface area contributed by atoms with Crippen molar-refractivity contribution in [1.29, 1.82) is 5.26 Å². The van der Waals surface area contributed by atoms with E-state index in [1.54, 1.807) is 0 Å². The van der Waals surface area contributed by atoms with Crippen molar-refractivity contribution in [2.45, 2.75) is 116 Å². The van der Waals surface area contributed by atoms with Gasteiger partial charge in [0.1, 0.15) is 5.75 Å². The second kappa shape index (κ2) is 18.6.